The second kappa shape index (κ2) is 12.6. The standard InChI is InChI=1S/C35H44F3N3O5/c1-33(2)16-26-17-34(3,20-33)21-40(26)18-27-15-29(23-8-6-22(19-42)7-9-23)46-31(45-27)24-10-12-25(13-11-24)39-30(43)28-5-4-14-41(28)32(44)35(36,37)38/h6-13,26-29,31,42H,4-5,14-21H2,1-3H3,(H,39,43)/t26?,27-,28-,29+,31+,34?/m0/s1. The van der Waals surface area contributed by atoms with E-state index in [0.29, 0.717) is 40.3 Å². The van der Waals surface area contributed by atoms with Crippen LogP contribution in [0.4, 0.5) is 18.9 Å². The van der Waals surface area contributed by atoms with Gasteiger partial charge in [0.2, 0.25) is 5.91 Å². The van der Waals surface area contributed by atoms with E-state index in [1.165, 1.54) is 12.8 Å². The van der Waals surface area contributed by atoms with Gasteiger partial charge in [0.25, 0.3) is 0 Å². The number of likely N-dealkylation sites (tertiary alicyclic amines) is 2. The van der Waals surface area contributed by atoms with Crippen LogP contribution in [0.25, 0.3) is 0 Å². The number of ether oxygens (including phenoxy) is 2. The molecule has 11 heteroatoms. The number of aliphatic hydroxyl groups is 1. The zero-order chi connectivity index (χ0) is 32.9. The van der Waals surface area contributed by atoms with E-state index in [9.17, 15) is 27.9 Å². The smallest absolute Gasteiger partial charge is 0.392 e. The average molecular weight is 644 g/mol. The third kappa shape index (κ3) is 7.12. The highest BCUT2D eigenvalue weighted by Gasteiger charge is 2.50. The Morgan fingerprint density at radius 3 is 2.37 bits per heavy atom. The van der Waals surface area contributed by atoms with Gasteiger partial charge in [-0.05, 0) is 66.2 Å². The molecule has 4 fully saturated rings. The normalized spacial score (nSPS) is 31.2. The summed E-state index contributed by atoms with van der Waals surface area (Å²) in [6.07, 6.45) is -1.26. The monoisotopic (exact) mass is 643 g/mol. The number of nitrogens with zero attached hydrogens (tertiary/aromatic N) is 2. The number of hydrogen-bond donors (Lipinski definition) is 2. The Morgan fingerprint density at radius 2 is 1.70 bits per heavy atom. The topological polar surface area (TPSA) is 91.3 Å². The fourth-order valence-electron chi connectivity index (χ4n) is 8.48. The van der Waals surface area contributed by atoms with E-state index >= 15 is 0 Å². The summed E-state index contributed by atoms with van der Waals surface area (Å²) in [7, 11) is 0. The number of amides is 2. The molecule has 1 saturated carbocycles. The van der Waals surface area contributed by atoms with Crippen molar-refractivity contribution in [3.63, 3.8) is 0 Å². The molecule has 0 spiro atoms. The molecule has 250 valence electrons. The third-order valence-corrected chi connectivity index (χ3v) is 10.1. The minimum absolute atomic E-state index is 0.0358. The molecular weight excluding hydrogens is 599 g/mol. The van der Waals surface area contributed by atoms with Crippen molar-refractivity contribution < 1.29 is 37.3 Å². The highest BCUT2D eigenvalue weighted by Crippen LogP contribution is 2.53. The Balaban J connectivity index is 1.16. The van der Waals surface area contributed by atoms with Gasteiger partial charge in [0, 0.05) is 43.3 Å². The van der Waals surface area contributed by atoms with Gasteiger partial charge in [-0.2, -0.15) is 13.2 Å². The number of fused-ring (bicyclic) bond motifs is 2. The van der Waals surface area contributed by atoms with Crippen LogP contribution in [0.5, 0.6) is 0 Å². The van der Waals surface area contributed by atoms with Crippen LogP contribution in [-0.2, 0) is 25.7 Å². The Morgan fingerprint density at radius 1 is 1.00 bits per heavy atom. The maximum absolute atomic E-state index is 13.0. The van der Waals surface area contributed by atoms with Gasteiger partial charge in [-0.15, -0.1) is 0 Å². The molecule has 2 aromatic rings. The summed E-state index contributed by atoms with van der Waals surface area (Å²) >= 11 is 0. The van der Waals surface area contributed by atoms with Gasteiger partial charge < -0.3 is 24.8 Å². The molecule has 0 aromatic heterocycles. The molecule has 3 saturated heterocycles. The number of rotatable bonds is 7. The van der Waals surface area contributed by atoms with Gasteiger partial charge in [-0.1, -0.05) is 57.2 Å². The summed E-state index contributed by atoms with van der Waals surface area (Å²) in [6.45, 7) is 8.84. The number of anilines is 1. The number of nitrogens with one attached hydrogen (secondary N) is 1. The maximum Gasteiger partial charge on any atom is 0.471 e. The highest BCUT2D eigenvalue weighted by molar-refractivity contribution is 5.98. The number of halogens is 3. The van der Waals surface area contributed by atoms with Crippen LogP contribution in [0.2, 0.25) is 0 Å². The van der Waals surface area contributed by atoms with Crippen molar-refractivity contribution >= 4 is 17.5 Å². The van der Waals surface area contributed by atoms with E-state index < -0.39 is 30.3 Å². The van der Waals surface area contributed by atoms with Crippen LogP contribution in [0.3, 0.4) is 0 Å². The zero-order valence-electron chi connectivity index (χ0n) is 26.7. The van der Waals surface area contributed by atoms with Crippen molar-refractivity contribution in [3.05, 3.63) is 65.2 Å². The fraction of sp³-hybridized carbons (Fsp3) is 0.600. The van der Waals surface area contributed by atoms with Gasteiger partial charge >= 0.3 is 12.1 Å². The number of hydrogen-bond acceptors (Lipinski definition) is 6. The number of benzene rings is 2. The molecule has 2 amide bonds. The average Bonchev–Trinajstić information content (AvgIpc) is 3.58. The van der Waals surface area contributed by atoms with Crippen molar-refractivity contribution in [2.75, 3.05) is 25.0 Å². The van der Waals surface area contributed by atoms with Gasteiger partial charge in [-0.3, -0.25) is 14.5 Å². The number of aliphatic hydroxyl groups excluding tert-OH is 1. The first-order valence-corrected chi connectivity index (χ1v) is 16.3. The molecule has 46 heavy (non-hydrogen) atoms. The molecule has 3 heterocycles. The molecule has 2 bridgehead atoms. The molecule has 2 unspecified atom stereocenters. The summed E-state index contributed by atoms with van der Waals surface area (Å²) in [6, 6.07) is 14.0. The lowest BCUT2D eigenvalue weighted by Crippen LogP contribution is -2.48. The lowest BCUT2D eigenvalue weighted by atomic mass is 9.65. The summed E-state index contributed by atoms with van der Waals surface area (Å²) in [4.78, 5) is 27.9. The van der Waals surface area contributed by atoms with Gasteiger partial charge in [-0.25, -0.2) is 0 Å². The van der Waals surface area contributed by atoms with Crippen LogP contribution in [-0.4, -0.2) is 70.7 Å². The van der Waals surface area contributed by atoms with E-state index in [2.05, 4.69) is 31.0 Å². The first-order valence-electron chi connectivity index (χ1n) is 16.3. The first kappa shape index (κ1) is 32.9. The van der Waals surface area contributed by atoms with Crippen molar-refractivity contribution in [3.8, 4) is 0 Å². The first-order chi connectivity index (χ1) is 21.7. The van der Waals surface area contributed by atoms with Crippen molar-refractivity contribution in [1.82, 2.24) is 9.80 Å². The van der Waals surface area contributed by atoms with Crippen molar-refractivity contribution in [2.24, 2.45) is 10.8 Å². The van der Waals surface area contributed by atoms with Gasteiger partial charge in [0.1, 0.15) is 6.04 Å². The van der Waals surface area contributed by atoms with Crippen LogP contribution >= 0.6 is 0 Å². The van der Waals surface area contributed by atoms with Crippen LogP contribution in [0.1, 0.15) is 88.4 Å². The Hall–Kier alpha value is -2.99. The molecular formula is C35H44F3N3O5. The number of alkyl halides is 3. The lowest BCUT2D eigenvalue weighted by molar-refractivity contribution is -0.253. The Kier molecular flexibility index (Phi) is 8.99. The molecule has 3 aliphatic heterocycles. The second-order valence-electron chi connectivity index (χ2n) is 14.8. The van der Waals surface area contributed by atoms with Gasteiger partial charge in [0.05, 0.1) is 18.8 Å². The molecule has 0 radical (unpaired) electrons. The van der Waals surface area contributed by atoms with E-state index in [0.717, 1.165) is 36.2 Å². The van der Waals surface area contributed by atoms with E-state index in [1.54, 1.807) is 24.3 Å². The summed E-state index contributed by atoms with van der Waals surface area (Å²) in [5.74, 6) is -2.63. The predicted octanol–water partition coefficient (Wildman–Crippen LogP) is 6.12. The van der Waals surface area contributed by atoms with Crippen LogP contribution in [0, 0.1) is 10.8 Å². The highest BCUT2D eigenvalue weighted by atomic mass is 19.4. The van der Waals surface area contributed by atoms with Crippen LogP contribution < -0.4 is 5.32 Å². The zero-order valence-corrected chi connectivity index (χ0v) is 26.7. The summed E-state index contributed by atoms with van der Waals surface area (Å²) in [5.41, 5.74) is 3.59. The molecule has 1 aliphatic carbocycles. The third-order valence-electron chi connectivity index (χ3n) is 10.1. The Bertz CT molecular complexity index is 1420. The fourth-order valence-corrected chi connectivity index (χ4v) is 8.48. The molecule has 4 aliphatic rings. The van der Waals surface area contributed by atoms with Crippen LogP contribution in [0.15, 0.2) is 48.5 Å². The number of carbonyl (C=O) groups excluding carboxylic acids is 2. The summed E-state index contributed by atoms with van der Waals surface area (Å²) < 4.78 is 52.2. The predicted molar refractivity (Wildman–Crippen MR) is 165 cm³/mol. The molecule has 6 rings (SSSR count). The molecule has 2 N–H and O–H groups in total. The quantitative estimate of drug-likeness (QED) is 0.378. The van der Waals surface area contributed by atoms with Gasteiger partial charge in [0.15, 0.2) is 6.29 Å². The maximum atomic E-state index is 13.0. The van der Waals surface area contributed by atoms with E-state index in [-0.39, 0.29) is 31.8 Å². The minimum atomic E-state index is -5.02. The molecule has 6 atom stereocenters. The number of carbonyl (C=O) groups is 2. The second-order valence-corrected chi connectivity index (χ2v) is 14.8. The molecule has 8 nitrogen and oxygen atoms in total. The van der Waals surface area contributed by atoms with Crippen molar-refractivity contribution in [1.29, 1.82) is 0 Å². The minimum Gasteiger partial charge on any atom is -0.392 e. The van der Waals surface area contributed by atoms with Crippen molar-refractivity contribution in [2.45, 2.75) is 103 Å². The Labute approximate surface area is 268 Å². The SMILES string of the molecule is CC1(C)CC2CC(C)(CN2C[C@@H]2C[C@H](c3ccc(CO)cc3)O[C@H](c3ccc(NC(=O)[C@@H]4CCCN4C(=O)C(F)(F)F)cc3)O2)C1. The largest absolute Gasteiger partial charge is 0.471 e. The summed E-state index contributed by atoms with van der Waals surface area (Å²) in [5, 5.41) is 12.2. The lowest BCUT2D eigenvalue weighted by Gasteiger charge is -2.41. The molecule has 2 aromatic carbocycles. The van der Waals surface area contributed by atoms with E-state index in [1.807, 2.05) is 24.3 Å². The van der Waals surface area contributed by atoms with E-state index in [4.69, 9.17) is 9.47 Å².